The Balaban J connectivity index is 1.45. The van der Waals surface area contributed by atoms with E-state index < -0.39 is 18.0 Å². The molecule has 2 amide bonds. The van der Waals surface area contributed by atoms with Gasteiger partial charge in [0, 0.05) is 48.4 Å². The maximum absolute atomic E-state index is 13.6. The highest BCUT2D eigenvalue weighted by molar-refractivity contribution is 5.98. The quantitative estimate of drug-likeness (QED) is 0.537. The standard InChI is InChI=1S/C30H31N3O4/c1-3-8-21-13-16-25-27-23(17-32(25)30(21)37)24(18-34)28(33(27)26(35)4-2)29(36)31-22-14-11-20(12-15-22)19-9-6-5-7-10-19/h3,5-16,23-24,27-28,34H,4,17-18H2,1-2H3,(H,31,36)/b8-3-/t23-,24-,27+,28-/m0/s1. The normalized spacial score (nSPS) is 22.2. The van der Waals surface area contributed by atoms with Gasteiger partial charge in [-0.05, 0) is 42.3 Å². The van der Waals surface area contributed by atoms with E-state index in [9.17, 15) is 19.5 Å². The first kappa shape index (κ1) is 24.7. The predicted molar refractivity (Wildman–Crippen MR) is 144 cm³/mol. The number of anilines is 1. The minimum Gasteiger partial charge on any atom is -0.396 e. The first-order valence-corrected chi connectivity index (χ1v) is 12.7. The van der Waals surface area contributed by atoms with Crippen molar-refractivity contribution in [2.45, 2.75) is 38.9 Å². The lowest BCUT2D eigenvalue weighted by Crippen LogP contribution is -2.48. The number of aromatic nitrogens is 1. The third-order valence-corrected chi connectivity index (χ3v) is 7.57. The fourth-order valence-corrected chi connectivity index (χ4v) is 5.87. The van der Waals surface area contributed by atoms with Crippen LogP contribution in [0, 0.1) is 11.8 Å². The summed E-state index contributed by atoms with van der Waals surface area (Å²) in [4.78, 5) is 41.5. The molecule has 2 aliphatic rings. The van der Waals surface area contributed by atoms with Crippen LogP contribution in [0.15, 0.2) is 77.6 Å². The number of aliphatic hydroxyl groups is 1. The molecule has 3 aromatic rings. The van der Waals surface area contributed by atoms with Crippen LogP contribution in [-0.2, 0) is 16.1 Å². The molecule has 2 aromatic carbocycles. The molecular weight excluding hydrogens is 466 g/mol. The number of nitrogens with zero attached hydrogens (tertiary/aromatic N) is 2. The van der Waals surface area contributed by atoms with Crippen molar-refractivity contribution in [3.63, 3.8) is 0 Å². The van der Waals surface area contributed by atoms with Crippen molar-refractivity contribution in [1.29, 1.82) is 0 Å². The number of rotatable bonds is 6. The van der Waals surface area contributed by atoms with Gasteiger partial charge in [-0.15, -0.1) is 0 Å². The first-order valence-electron chi connectivity index (χ1n) is 12.7. The van der Waals surface area contributed by atoms with Gasteiger partial charge in [-0.25, -0.2) is 0 Å². The lowest BCUT2D eigenvalue weighted by molar-refractivity contribution is -0.139. The van der Waals surface area contributed by atoms with Crippen LogP contribution in [0.1, 0.15) is 37.6 Å². The second-order valence-corrected chi connectivity index (χ2v) is 9.62. The maximum atomic E-state index is 13.6. The Morgan fingerprint density at radius 3 is 2.38 bits per heavy atom. The van der Waals surface area contributed by atoms with Crippen molar-refractivity contribution in [2.24, 2.45) is 11.8 Å². The Morgan fingerprint density at radius 2 is 1.73 bits per heavy atom. The van der Waals surface area contributed by atoms with Gasteiger partial charge in [-0.2, -0.15) is 0 Å². The minimum atomic E-state index is -0.833. The summed E-state index contributed by atoms with van der Waals surface area (Å²) in [6, 6.07) is 19.9. The number of hydrogen-bond donors (Lipinski definition) is 2. The van der Waals surface area contributed by atoms with Crippen molar-refractivity contribution >= 4 is 23.6 Å². The van der Waals surface area contributed by atoms with Crippen LogP contribution in [0.5, 0.6) is 0 Å². The summed E-state index contributed by atoms with van der Waals surface area (Å²) < 4.78 is 1.69. The second kappa shape index (κ2) is 10.2. The second-order valence-electron chi connectivity index (χ2n) is 9.62. The summed E-state index contributed by atoms with van der Waals surface area (Å²) in [7, 11) is 0. The fourth-order valence-electron chi connectivity index (χ4n) is 5.87. The molecule has 7 nitrogen and oxygen atoms in total. The van der Waals surface area contributed by atoms with Crippen LogP contribution < -0.4 is 10.9 Å². The van der Waals surface area contributed by atoms with E-state index in [4.69, 9.17) is 0 Å². The smallest absolute Gasteiger partial charge is 0.258 e. The van der Waals surface area contributed by atoms with E-state index in [1.807, 2.05) is 73.7 Å². The zero-order chi connectivity index (χ0) is 26.1. The van der Waals surface area contributed by atoms with Gasteiger partial charge in [0.2, 0.25) is 11.8 Å². The molecule has 0 saturated carbocycles. The van der Waals surface area contributed by atoms with Gasteiger partial charge in [0.15, 0.2) is 0 Å². The average Bonchev–Trinajstić information content (AvgIpc) is 3.46. The molecule has 1 aromatic heterocycles. The highest BCUT2D eigenvalue weighted by Crippen LogP contribution is 2.49. The Kier molecular flexibility index (Phi) is 6.80. The number of carbonyl (C=O) groups is 2. The Hall–Kier alpha value is -3.97. The molecule has 2 aliphatic heterocycles. The van der Waals surface area contributed by atoms with Crippen LogP contribution in [0.2, 0.25) is 0 Å². The van der Waals surface area contributed by atoms with E-state index in [2.05, 4.69) is 5.32 Å². The van der Waals surface area contributed by atoms with E-state index in [1.54, 1.807) is 28.5 Å². The zero-order valence-corrected chi connectivity index (χ0v) is 21.0. The molecule has 37 heavy (non-hydrogen) atoms. The molecule has 0 unspecified atom stereocenters. The number of pyridine rings is 1. The SMILES string of the molecule is C/C=C\c1ccc2n(c1=O)C[C@H]1[C@H](CO)[C@@H](C(=O)Nc3ccc(-c4ccccc4)cc3)N(C(=O)CC)[C@@H]21. The van der Waals surface area contributed by atoms with E-state index >= 15 is 0 Å². The molecule has 0 radical (unpaired) electrons. The highest BCUT2D eigenvalue weighted by atomic mass is 16.3. The number of nitrogens with one attached hydrogen (secondary N) is 1. The van der Waals surface area contributed by atoms with Gasteiger partial charge in [0.1, 0.15) is 6.04 Å². The van der Waals surface area contributed by atoms with E-state index in [1.165, 1.54) is 0 Å². The lowest BCUT2D eigenvalue weighted by Gasteiger charge is -2.30. The molecule has 1 fully saturated rings. The molecule has 2 N–H and O–H groups in total. The molecule has 0 spiro atoms. The van der Waals surface area contributed by atoms with Gasteiger partial charge in [0.05, 0.1) is 6.04 Å². The van der Waals surface area contributed by atoms with Gasteiger partial charge >= 0.3 is 0 Å². The van der Waals surface area contributed by atoms with Crippen molar-refractivity contribution < 1.29 is 14.7 Å². The number of amides is 2. The molecule has 7 heteroatoms. The van der Waals surface area contributed by atoms with E-state index in [-0.39, 0.29) is 36.3 Å². The number of likely N-dealkylation sites (tertiary alicyclic amines) is 1. The van der Waals surface area contributed by atoms with Crippen molar-refractivity contribution in [1.82, 2.24) is 9.47 Å². The molecule has 0 aliphatic carbocycles. The molecule has 3 heterocycles. The first-order chi connectivity index (χ1) is 18.0. The maximum Gasteiger partial charge on any atom is 0.258 e. The number of aliphatic hydroxyl groups excluding tert-OH is 1. The number of allylic oxidation sites excluding steroid dienone is 1. The third-order valence-electron chi connectivity index (χ3n) is 7.57. The average molecular weight is 498 g/mol. The van der Waals surface area contributed by atoms with Crippen molar-refractivity contribution in [2.75, 3.05) is 11.9 Å². The van der Waals surface area contributed by atoms with Crippen molar-refractivity contribution in [3.8, 4) is 11.1 Å². The predicted octanol–water partition coefficient (Wildman–Crippen LogP) is 4.09. The van der Waals surface area contributed by atoms with Crippen LogP contribution in [0.4, 0.5) is 5.69 Å². The van der Waals surface area contributed by atoms with Crippen LogP contribution in [-0.4, -0.2) is 39.0 Å². The summed E-state index contributed by atoms with van der Waals surface area (Å²) in [5, 5.41) is 13.4. The largest absolute Gasteiger partial charge is 0.396 e. The third kappa shape index (κ3) is 4.29. The number of fused-ring (bicyclic) bond motifs is 3. The highest BCUT2D eigenvalue weighted by Gasteiger charge is 2.57. The zero-order valence-electron chi connectivity index (χ0n) is 21.0. The summed E-state index contributed by atoms with van der Waals surface area (Å²) in [6.07, 6.45) is 3.80. The molecule has 190 valence electrons. The molecule has 0 bridgehead atoms. The minimum absolute atomic E-state index is 0.120. The van der Waals surface area contributed by atoms with Crippen LogP contribution >= 0.6 is 0 Å². The van der Waals surface area contributed by atoms with Gasteiger partial charge in [0.25, 0.3) is 5.56 Å². The van der Waals surface area contributed by atoms with Gasteiger partial charge in [-0.3, -0.25) is 14.4 Å². The summed E-state index contributed by atoms with van der Waals surface area (Å²) in [5.41, 5.74) is 3.90. The summed E-state index contributed by atoms with van der Waals surface area (Å²) in [5.74, 6) is -1.23. The summed E-state index contributed by atoms with van der Waals surface area (Å²) in [6.45, 7) is 3.72. The fraction of sp³-hybridized carbons (Fsp3) is 0.300. The molecule has 1 saturated heterocycles. The molecule has 4 atom stereocenters. The topological polar surface area (TPSA) is 91.6 Å². The van der Waals surface area contributed by atoms with E-state index in [0.717, 1.165) is 11.1 Å². The number of hydrogen-bond acceptors (Lipinski definition) is 4. The Bertz CT molecular complexity index is 1390. The molecule has 5 rings (SSSR count). The summed E-state index contributed by atoms with van der Waals surface area (Å²) >= 11 is 0. The van der Waals surface area contributed by atoms with Gasteiger partial charge in [-0.1, -0.05) is 61.5 Å². The van der Waals surface area contributed by atoms with Crippen LogP contribution in [0.3, 0.4) is 0 Å². The van der Waals surface area contributed by atoms with Gasteiger partial charge < -0.3 is 19.9 Å². The molecular formula is C30H31N3O4. The van der Waals surface area contributed by atoms with Crippen molar-refractivity contribution in [3.05, 3.63) is 94.4 Å². The monoisotopic (exact) mass is 497 g/mol. The Morgan fingerprint density at radius 1 is 1.03 bits per heavy atom. The lowest BCUT2D eigenvalue weighted by atomic mass is 9.88. The number of carbonyl (C=O) groups excluding carboxylic acids is 2. The van der Waals surface area contributed by atoms with E-state index in [0.29, 0.717) is 23.5 Å². The van der Waals surface area contributed by atoms with Crippen LogP contribution in [0.25, 0.3) is 17.2 Å². The number of benzene rings is 2. The Labute approximate surface area is 216 Å².